The highest BCUT2D eigenvalue weighted by Crippen LogP contribution is 2.24. The van der Waals surface area contributed by atoms with Crippen LogP contribution < -0.4 is 10.1 Å². The number of benzene rings is 1. The van der Waals surface area contributed by atoms with Gasteiger partial charge in [0.1, 0.15) is 5.75 Å². The molecule has 20 heavy (non-hydrogen) atoms. The summed E-state index contributed by atoms with van der Waals surface area (Å²) in [5, 5.41) is 11.5. The molecule has 0 saturated heterocycles. The maximum absolute atomic E-state index is 11.5. The number of carboxylic acids is 1. The van der Waals surface area contributed by atoms with Gasteiger partial charge in [-0.2, -0.15) is 0 Å². The van der Waals surface area contributed by atoms with E-state index in [1.54, 1.807) is 32.2 Å². The number of ether oxygens (including phenoxy) is 2. The van der Waals surface area contributed by atoms with E-state index >= 15 is 0 Å². The van der Waals surface area contributed by atoms with E-state index < -0.39 is 18.1 Å². The first-order valence-electron chi connectivity index (χ1n) is 6.27. The lowest BCUT2D eigenvalue weighted by Crippen LogP contribution is -2.30. The number of hydrogen-bond acceptors (Lipinski definition) is 4. The smallest absolute Gasteiger partial charge is 0.407 e. The Bertz CT molecular complexity index is 486. The highest BCUT2D eigenvalue weighted by molar-refractivity contribution is 5.72. The number of aryl methyl sites for hydroxylation is 1. The molecule has 2 N–H and O–H groups in total. The SMILES string of the molecule is CCOC(=O)NC(CC(=O)O)c1ccc(OC)c(C)c1. The van der Waals surface area contributed by atoms with Crippen molar-refractivity contribution in [3.63, 3.8) is 0 Å². The quantitative estimate of drug-likeness (QED) is 0.835. The number of nitrogens with one attached hydrogen (secondary N) is 1. The van der Waals surface area contributed by atoms with Gasteiger partial charge in [-0.15, -0.1) is 0 Å². The minimum Gasteiger partial charge on any atom is -0.496 e. The summed E-state index contributed by atoms with van der Waals surface area (Å²) in [6.07, 6.45) is -0.850. The van der Waals surface area contributed by atoms with Gasteiger partial charge in [0.2, 0.25) is 0 Å². The molecule has 1 rings (SSSR count). The summed E-state index contributed by atoms with van der Waals surface area (Å²) in [6, 6.07) is 4.62. The Balaban J connectivity index is 2.94. The van der Waals surface area contributed by atoms with E-state index in [1.807, 2.05) is 6.92 Å². The molecular formula is C14H19NO5. The minimum atomic E-state index is -1.000. The van der Waals surface area contributed by atoms with Crippen molar-refractivity contribution in [2.75, 3.05) is 13.7 Å². The molecule has 0 aromatic heterocycles. The van der Waals surface area contributed by atoms with Crippen LogP contribution in [0.4, 0.5) is 4.79 Å². The van der Waals surface area contributed by atoms with E-state index in [-0.39, 0.29) is 13.0 Å². The Hall–Kier alpha value is -2.24. The van der Waals surface area contributed by atoms with Gasteiger partial charge in [-0.1, -0.05) is 12.1 Å². The van der Waals surface area contributed by atoms with Crippen molar-refractivity contribution in [2.45, 2.75) is 26.3 Å². The molecule has 0 heterocycles. The van der Waals surface area contributed by atoms with E-state index in [0.29, 0.717) is 11.3 Å². The van der Waals surface area contributed by atoms with Crippen LogP contribution in [-0.4, -0.2) is 30.9 Å². The molecule has 1 aromatic carbocycles. The van der Waals surface area contributed by atoms with Crippen molar-refractivity contribution >= 4 is 12.1 Å². The Morgan fingerprint density at radius 2 is 2.10 bits per heavy atom. The van der Waals surface area contributed by atoms with Crippen molar-refractivity contribution in [3.8, 4) is 5.75 Å². The first-order valence-corrected chi connectivity index (χ1v) is 6.27. The molecule has 110 valence electrons. The van der Waals surface area contributed by atoms with Crippen molar-refractivity contribution in [3.05, 3.63) is 29.3 Å². The van der Waals surface area contributed by atoms with E-state index in [1.165, 1.54) is 0 Å². The first-order chi connectivity index (χ1) is 9.47. The van der Waals surface area contributed by atoms with Gasteiger partial charge >= 0.3 is 12.1 Å². The number of hydrogen-bond donors (Lipinski definition) is 2. The molecule has 0 aliphatic rings. The monoisotopic (exact) mass is 281 g/mol. The Morgan fingerprint density at radius 1 is 1.40 bits per heavy atom. The topological polar surface area (TPSA) is 84.9 Å². The lowest BCUT2D eigenvalue weighted by atomic mass is 10.0. The zero-order valence-corrected chi connectivity index (χ0v) is 11.8. The number of alkyl carbamates (subject to hydrolysis) is 1. The van der Waals surface area contributed by atoms with E-state index in [0.717, 1.165) is 5.56 Å². The van der Waals surface area contributed by atoms with Crippen LogP contribution in [0.2, 0.25) is 0 Å². The second-order valence-corrected chi connectivity index (χ2v) is 4.24. The van der Waals surface area contributed by atoms with Crippen molar-refractivity contribution in [1.29, 1.82) is 0 Å². The summed E-state index contributed by atoms with van der Waals surface area (Å²) >= 11 is 0. The third-order valence-electron chi connectivity index (χ3n) is 2.77. The molecule has 6 nitrogen and oxygen atoms in total. The number of carbonyl (C=O) groups is 2. The summed E-state index contributed by atoms with van der Waals surface area (Å²) in [6.45, 7) is 3.76. The van der Waals surface area contributed by atoms with Gasteiger partial charge < -0.3 is 19.9 Å². The zero-order chi connectivity index (χ0) is 15.1. The number of rotatable bonds is 6. The summed E-state index contributed by atoms with van der Waals surface area (Å²) in [4.78, 5) is 22.4. The lowest BCUT2D eigenvalue weighted by molar-refractivity contribution is -0.137. The van der Waals surface area contributed by atoms with Gasteiger partial charge in [0.05, 0.1) is 26.2 Å². The fourth-order valence-electron chi connectivity index (χ4n) is 1.86. The van der Waals surface area contributed by atoms with Gasteiger partial charge in [-0.05, 0) is 31.0 Å². The zero-order valence-electron chi connectivity index (χ0n) is 11.8. The Labute approximate surface area is 117 Å². The molecule has 0 aliphatic carbocycles. The maximum atomic E-state index is 11.5. The largest absolute Gasteiger partial charge is 0.496 e. The molecule has 0 aliphatic heterocycles. The predicted molar refractivity (Wildman–Crippen MR) is 72.9 cm³/mol. The average molecular weight is 281 g/mol. The van der Waals surface area contributed by atoms with Gasteiger partial charge in [-0.25, -0.2) is 4.79 Å². The van der Waals surface area contributed by atoms with E-state index in [9.17, 15) is 9.59 Å². The lowest BCUT2D eigenvalue weighted by Gasteiger charge is -2.18. The number of amides is 1. The Morgan fingerprint density at radius 3 is 2.60 bits per heavy atom. The number of carbonyl (C=O) groups excluding carboxylic acids is 1. The van der Waals surface area contributed by atoms with Crippen molar-refractivity contribution in [2.24, 2.45) is 0 Å². The van der Waals surface area contributed by atoms with Gasteiger partial charge in [-0.3, -0.25) is 4.79 Å². The molecule has 0 saturated carbocycles. The molecule has 6 heteroatoms. The van der Waals surface area contributed by atoms with Crippen LogP contribution in [0.25, 0.3) is 0 Å². The number of aliphatic carboxylic acids is 1. The van der Waals surface area contributed by atoms with Crippen molar-refractivity contribution < 1.29 is 24.2 Å². The molecule has 0 bridgehead atoms. The highest BCUT2D eigenvalue weighted by atomic mass is 16.5. The highest BCUT2D eigenvalue weighted by Gasteiger charge is 2.19. The summed E-state index contributed by atoms with van der Waals surface area (Å²) in [7, 11) is 1.56. The second kappa shape index (κ2) is 7.37. The minimum absolute atomic E-state index is 0.218. The molecular weight excluding hydrogens is 262 g/mol. The number of methoxy groups -OCH3 is 1. The summed E-state index contributed by atoms with van der Waals surface area (Å²) in [5.41, 5.74) is 1.56. The predicted octanol–water partition coefficient (Wildman–Crippen LogP) is 2.27. The third-order valence-corrected chi connectivity index (χ3v) is 2.77. The second-order valence-electron chi connectivity index (χ2n) is 4.24. The Kier molecular flexibility index (Phi) is 5.83. The van der Waals surface area contributed by atoms with Crippen molar-refractivity contribution in [1.82, 2.24) is 5.32 Å². The molecule has 1 unspecified atom stereocenters. The average Bonchev–Trinajstić information content (AvgIpc) is 2.37. The van der Waals surface area contributed by atoms with Crippen LogP contribution in [0, 0.1) is 6.92 Å². The molecule has 1 aromatic rings. The van der Waals surface area contributed by atoms with E-state index in [2.05, 4.69) is 5.32 Å². The first kappa shape index (κ1) is 15.8. The fraction of sp³-hybridized carbons (Fsp3) is 0.429. The van der Waals surface area contributed by atoms with Crippen LogP contribution in [-0.2, 0) is 9.53 Å². The summed E-state index contributed by atoms with van der Waals surface area (Å²) < 4.78 is 9.93. The van der Waals surface area contributed by atoms with Crippen LogP contribution in [0.5, 0.6) is 5.75 Å². The van der Waals surface area contributed by atoms with E-state index in [4.69, 9.17) is 14.6 Å². The molecule has 0 fully saturated rings. The molecule has 1 amide bonds. The maximum Gasteiger partial charge on any atom is 0.407 e. The van der Waals surface area contributed by atoms with Crippen LogP contribution >= 0.6 is 0 Å². The molecule has 0 spiro atoms. The van der Waals surface area contributed by atoms with Crippen LogP contribution in [0.1, 0.15) is 30.5 Å². The third kappa shape index (κ3) is 4.46. The van der Waals surface area contributed by atoms with Crippen LogP contribution in [0.3, 0.4) is 0 Å². The van der Waals surface area contributed by atoms with Gasteiger partial charge in [0.15, 0.2) is 0 Å². The normalized spacial score (nSPS) is 11.6. The fourth-order valence-corrected chi connectivity index (χ4v) is 1.86. The van der Waals surface area contributed by atoms with Crippen LogP contribution in [0.15, 0.2) is 18.2 Å². The van der Waals surface area contributed by atoms with Gasteiger partial charge in [0.25, 0.3) is 0 Å². The van der Waals surface area contributed by atoms with Gasteiger partial charge in [0, 0.05) is 0 Å². The molecule has 0 radical (unpaired) electrons. The summed E-state index contributed by atoms with van der Waals surface area (Å²) in [5.74, 6) is -0.292. The standard InChI is InChI=1S/C14H19NO5/c1-4-20-14(18)15-11(8-13(16)17)10-5-6-12(19-3)9(2)7-10/h5-7,11H,4,8H2,1-3H3,(H,15,18)(H,16,17). The molecule has 1 atom stereocenters. The number of carboxylic acid groups (broad SMARTS) is 1.